The minimum atomic E-state index is -1.45. The molecule has 0 atom stereocenters. The molecule has 2 aromatic rings. The fraction of sp³-hybridized carbons (Fsp3) is 0.500. The number of hydrogen-bond donors (Lipinski definition) is 1. The predicted molar refractivity (Wildman–Crippen MR) is 157 cm³/mol. The molecule has 1 saturated heterocycles. The number of likely N-dealkylation sites (tertiary alicyclic amines) is 1. The summed E-state index contributed by atoms with van der Waals surface area (Å²) in [6, 6.07) is 14.1. The van der Waals surface area contributed by atoms with Crippen molar-refractivity contribution >= 4 is 29.7 Å². The number of carbonyl (C=O) groups is 4. The van der Waals surface area contributed by atoms with Gasteiger partial charge in [0.2, 0.25) is 0 Å². The molecule has 1 aliphatic rings. The first-order valence-electron chi connectivity index (χ1n) is 14.1. The molecule has 0 spiro atoms. The van der Waals surface area contributed by atoms with Gasteiger partial charge in [-0.05, 0) is 78.1 Å². The molecule has 1 aliphatic heterocycles. The Balaban J connectivity index is 1.82. The number of carbonyl (C=O) groups excluding carboxylic acids is 4. The van der Waals surface area contributed by atoms with Gasteiger partial charge < -0.3 is 29.2 Å². The van der Waals surface area contributed by atoms with E-state index in [0.29, 0.717) is 31.6 Å². The van der Waals surface area contributed by atoms with Gasteiger partial charge in [-0.25, -0.2) is 9.59 Å². The molecule has 10 heteroatoms. The summed E-state index contributed by atoms with van der Waals surface area (Å²) in [4.78, 5) is 53.6. The van der Waals surface area contributed by atoms with E-state index >= 15 is 0 Å². The van der Waals surface area contributed by atoms with Crippen molar-refractivity contribution < 1.29 is 38.1 Å². The van der Waals surface area contributed by atoms with Gasteiger partial charge in [0, 0.05) is 30.4 Å². The second kappa shape index (κ2) is 13.7. The number of rotatable bonds is 8. The summed E-state index contributed by atoms with van der Waals surface area (Å²) >= 11 is 0. The smallest absolute Gasteiger partial charge is 0.410 e. The lowest BCUT2D eigenvalue weighted by molar-refractivity contribution is -0.169. The number of hydrogen-bond acceptors (Lipinski definition) is 9. The van der Waals surface area contributed by atoms with Crippen molar-refractivity contribution in [3.05, 3.63) is 65.2 Å². The lowest BCUT2D eigenvalue weighted by Crippen LogP contribution is -2.43. The van der Waals surface area contributed by atoms with Crippen LogP contribution in [0.5, 0.6) is 0 Å². The average molecular weight is 583 g/mol. The summed E-state index contributed by atoms with van der Waals surface area (Å²) in [6.45, 7) is 11.4. The standard InChI is InChI=1S/C32H42N2O8/c1-31(2,3)41-28(36)26(29(37)42-32(4,5)6)24-19-22(27(35)39-7)13-14-25(24)33-23-15-17-34(18-16-23)30(38)40-20-21-11-9-8-10-12-21/h8-14,19,23,26,33H,15-18,20H2,1-7H3. The maximum absolute atomic E-state index is 13.4. The van der Waals surface area contributed by atoms with E-state index in [1.807, 2.05) is 30.3 Å². The van der Waals surface area contributed by atoms with Crippen LogP contribution in [0.25, 0.3) is 0 Å². The molecule has 0 bridgehead atoms. The molecule has 2 aromatic carbocycles. The first kappa shape index (κ1) is 32.4. The van der Waals surface area contributed by atoms with E-state index in [4.69, 9.17) is 18.9 Å². The molecular weight excluding hydrogens is 540 g/mol. The van der Waals surface area contributed by atoms with Gasteiger partial charge in [0.1, 0.15) is 17.8 Å². The summed E-state index contributed by atoms with van der Waals surface area (Å²) in [5, 5.41) is 3.42. The number of piperidine rings is 1. The molecule has 1 heterocycles. The van der Waals surface area contributed by atoms with Crippen LogP contribution in [0.1, 0.15) is 81.8 Å². The Hall–Kier alpha value is -4.08. The Bertz CT molecular complexity index is 1230. The zero-order valence-corrected chi connectivity index (χ0v) is 25.5. The molecule has 228 valence electrons. The summed E-state index contributed by atoms with van der Waals surface area (Å²) in [6.07, 6.45) is 0.819. The highest BCUT2D eigenvalue weighted by molar-refractivity contribution is 6.03. The second-order valence-electron chi connectivity index (χ2n) is 12.2. The normalized spacial score (nSPS) is 14.2. The lowest BCUT2D eigenvalue weighted by atomic mass is 9.93. The predicted octanol–water partition coefficient (Wildman–Crippen LogP) is 5.45. The van der Waals surface area contributed by atoms with Gasteiger partial charge in [0.25, 0.3) is 0 Å². The van der Waals surface area contributed by atoms with E-state index in [9.17, 15) is 19.2 Å². The maximum atomic E-state index is 13.4. The molecule has 1 N–H and O–H groups in total. The van der Waals surface area contributed by atoms with Crippen molar-refractivity contribution in [3.8, 4) is 0 Å². The van der Waals surface area contributed by atoms with E-state index in [1.165, 1.54) is 13.2 Å². The molecule has 0 aromatic heterocycles. The van der Waals surface area contributed by atoms with Crippen LogP contribution in [0.15, 0.2) is 48.5 Å². The van der Waals surface area contributed by atoms with Crippen molar-refractivity contribution in [3.63, 3.8) is 0 Å². The van der Waals surface area contributed by atoms with Crippen LogP contribution < -0.4 is 5.32 Å². The minimum absolute atomic E-state index is 0.0798. The monoisotopic (exact) mass is 582 g/mol. The summed E-state index contributed by atoms with van der Waals surface area (Å²) in [5.74, 6) is -3.66. The van der Waals surface area contributed by atoms with E-state index in [-0.39, 0.29) is 29.9 Å². The Labute approximate surface area is 247 Å². The third kappa shape index (κ3) is 9.49. The van der Waals surface area contributed by atoms with Gasteiger partial charge in [-0.3, -0.25) is 9.59 Å². The van der Waals surface area contributed by atoms with E-state index in [2.05, 4.69) is 5.32 Å². The Morgan fingerprint density at radius 2 is 1.45 bits per heavy atom. The number of nitrogens with zero attached hydrogens (tertiary/aromatic N) is 1. The number of amides is 1. The van der Waals surface area contributed by atoms with E-state index in [1.54, 1.807) is 58.6 Å². The van der Waals surface area contributed by atoms with Crippen LogP contribution in [-0.2, 0) is 35.1 Å². The Kier molecular flexibility index (Phi) is 10.6. The Morgan fingerprint density at radius 1 is 0.881 bits per heavy atom. The molecule has 0 saturated carbocycles. The summed E-state index contributed by atoms with van der Waals surface area (Å²) in [7, 11) is 1.26. The maximum Gasteiger partial charge on any atom is 0.410 e. The SMILES string of the molecule is COC(=O)c1ccc(NC2CCN(C(=O)OCc3ccccc3)CC2)c(C(C(=O)OC(C)(C)C)C(=O)OC(C)(C)C)c1. The van der Waals surface area contributed by atoms with Crippen LogP contribution in [0.2, 0.25) is 0 Å². The summed E-state index contributed by atoms with van der Waals surface area (Å²) < 4.78 is 21.6. The summed E-state index contributed by atoms with van der Waals surface area (Å²) in [5.41, 5.74) is 0.0706. The third-order valence-electron chi connectivity index (χ3n) is 6.39. The van der Waals surface area contributed by atoms with Crippen LogP contribution >= 0.6 is 0 Å². The molecule has 10 nitrogen and oxygen atoms in total. The number of ether oxygens (including phenoxy) is 4. The van der Waals surface area contributed by atoms with Gasteiger partial charge in [-0.1, -0.05) is 30.3 Å². The second-order valence-corrected chi connectivity index (χ2v) is 12.2. The number of anilines is 1. The van der Waals surface area contributed by atoms with Crippen molar-refractivity contribution in [1.29, 1.82) is 0 Å². The van der Waals surface area contributed by atoms with Crippen molar-refractivity contribution in [2.24, 2.45) is 0 Å². The minimum Gasteiger partial charge on any atom is -0.465 e. The molecule has 0 aliphatic carbocycles. The number of nitrogens with one attached hydrogen (secondary N) is 1. The van der Waals surface area contributed by atoms with Crippen molar-refractivity contribution in [2.45, 2.75) is 84.2 Å². The van der Waals surface area contributed by atoms with Crippen LogP contribution in [0, 0.1) is 0 Å². The first-order valence-corrected chi connectivity index (χ1v) is 14.1. The average Bonchev–Trinajstić information content (AvgIpc) is 2.91. The first-order chi connectivity index (χ1) is 19.7. The zero-order chi connectivity index (χ0) is 31.1. The highest BCUT2D eigenvalue weighted by atomic mass is 16.6. The van der Waals surface area contributed by atoms with Gasteiger partial charge >= 0.3 is 24.0 Å². The molecule has 42 heavy (non-hydrogen) atoms. The van der Waals surface area contributed by atoms with Gasteiger partial charge in [-0.2, -0.15) is 0 Å². The fourth-order valence-corrected chi connectivity index (χ4v) is 4.49. The number of benzene rings is 2. The third-order valence-corrected chi connectivity index (χ3v) is 6.39. The zero-order valence-electron chi connectivity index (χ0n) is 25.5. The molecular formula is C32H42N2O8. The molecule has 1 fully saturated rings. The van der Waals surface area contributed by atoms with Crippen LogP contribution in [-0.4, -0.2) is 66.3 Å². The van der Waals surface area contributed by atoms with E-state index in [0.717, 1.165) is 5.56 Å². The number of methoxy groups -OCH3 is 1. The quantitative estimate of drug-likeness (QED) is 0.246. The van der Waals surface area contributed by atoms with Gasteiger partial charge in [-0.15, -0.1) is 0 Å². The molecule has 3 rings (SSSR count). The number of esters is 3. The highest BCUT2D eigenvalue weighted by Gasteiger charge is 2.38. The van der Waals surface area contributed by atoms with Crippen LogP contribution in [0.4, 0.5) is 10.5 Å². The molecule has 1 amide bonds. The van der Waals surface area contributed by atoms with Crippen molar-refractivity contribution in [1.82, 2.24) is 4.90 Å². The van der Waals surface area contributed by atoms with E-state index < -0.39 is 35.0 Å². The molecule has 0 radical (unpaired) electrons. The van der Waals surface area contributed by atoms with Crippen LogP contribution in [0.3, 0.4) is 0 Å². The van der Waals surface area contributed by atoms with Crippen molar-refractivity contribution in [2.75, 3.05) is 25.5 Å². The van der Waals surface area contributed by atoms with Gasteiger partial charge in [0.15, 0.2) is 5.92 Å². The fourth-order valence-electron chi connectivity index (χ4n) is 4.49. The molecule has 0 unspecified atom stereocenters. The largest absolute Gasteiger partial charge is 0.465 e. The topological polar surface area (TPSA) is 120 Å². The highest BCUT2D eigenvalue weighted by Crippen LogP contribution is 2.33. The Morgan fingerprint density at radius 3 is 1.98 bits per heavy atom. The van der Waals surface area contributed by atoms with Gasteiger partial charge in [0.05, 0.1) is 12.7 Å². The lowest BCUT2D eigenvalue weighted by Gasteiger charge is -2.33.